The Balaban J connectivity index is 1.63. The number of anilines is 1. The number of ether oxygens (including phenoxy) is 1. The molecule has 0 atom stereocenters. The van der Waals surface area contributed by atoms with Gasteiger partial charge in [-0.2, -0.15) is 0 Å². The van der Waals surface area contributed by atoms with E-state index in [1.165, 1.54) is 32.1 Å². The summed E-state index contributed by atoms with van der Waals surface area (Å²) in [6, 6.07) is 2.18. The summed E-state index contributed by atoms with van der Waals surface area (Å²) in [7, 11) is 0. The molecule has 118 valence electrons. The Kier molecular flexibility index (Phi) is 6.15. The highest BCUT2D eigenvalue weighted by molar-refractivity contribution is 5.89. The zero-order chi connectivity index (χ0) is 15.1. The minimum Gasteiger partial charge on any atom is -0.461 e. The van der Waals surface area contributed by atoms with Crippen molar-refractivity contribution in [3.63, 3.8) is 0 Å². The molecular formula is C17H28N2O2. The van der Waals surface area contributed by atoms with Crippen LogP contribution in [0.1, 0.15) is 81.2 Å². The van der Waals surface area contributed by atoms with Crippen molar-refractivity contribution in [1.29, 1.82) is 0 Å². The molecule has 0 amide bonds. The minimum atomic E-state index is -0.232. The Bertz CT molecular complexity index is 450. The number of aromatic nitrogens is 1. The fraction of sp³-hybridized carbons (Fsp3) is 0.706. The average molecular weight is 292 g/mol. The predicted molar refractivity (Wildman–Crippen MR) is 85.4 cm³/mol. The molecular weight excluding hydrogens is 264 g/mol. The number of carbonyl (C=O) groups is 1. The largest absolute Gasteiger partial charge is 0.461 e. The maximum atomic E-state index is 12.1. The van der Waals surface area contributed by atoms with Crippen LogP contribution in [0.3, 0.4) is 0 Å². The molecule has 2 N–H and O–H groups in total. The zero-order valence-electron chi connectivity index (χ0n) is 13.1. The summed E-state index contributed by atoms with van der Waals surface area (Å²) >= 11 is 0. The SMILES string of the molecule is CCCCCCCCCOC(=O)c1cc(N)cn1C1CC1. The second-order valence-electron chi connectivity index (χ2n) is 6.05. The lowest BCUT2D eigenvalue weighted by Gasteiger charge is -2.08. The van der Waals surface area contributed by atoms with Gasteiger partial charge in [0.1, 0.15) is 5.69 Å². The molecule has 2 rings (SSSR count). The second-order valence-corrected chi connectivity index (χ2v) is 6.05. The van der Waals surface area contributed by atoms with Crippen molar-refractivity contribution in [2.45, 2.75) is 70.8 Å². The standard InChI is InChI=1S/C17H28N2O2/c1-2-3-4-5-6-7-8-11-21-17(20)16-12-14(18)13-19(16)15-9-10-15/h12-13,15H,2-11,18H2,1H3. The molecule has 1 fully saturated rings. The lowest BCUT2D eigenvalue weighted by atomic mass is 10.1. The summed E-state index contributed by atoms with van der Waals surface area (Å²) in [6.07, 6.45) is 12.7. The lowest BCUT2D eigenvalue weighted by Crippen LogP contribution is -2.11. The monoisotopic (exact) mass is 292 g/mol. The molecule has 4 heteroatoms. The van der Waals surface area contributed by atoms with Crippen LogP contribution in [0.15, 0.2) is 12.3 Å². The third-order valence-corrected chi connectivity index (χ3v) is 4.00. The lowest BCUT2D eigenvalue weighted by molar-refractivity contribution is 0.0485. The number of carbonyl (C=O) groups excluding carboxylic acids is 1. The van der Waals surface area contributed by atoms with Gasteiger partial charge in [-0.15, -0.1) is 0 Å². The van der Waals surface area contributed by atoms with Gasteiger partial charge in [-0.1, -0.05) is 45.4 Å². The number of rotatable bonds is 10. The fourth-order valence-corrected chi connectivity index (χ4v) is 2.62. The third-order valence-electron chi connectivity index (χ3n) is 4.00. The maximum absolute atomic E-state index is 12.1. The number of hydrogen-bond acceptors (Lipinski definition) is 3. The van der Waals surface area contributed by atoms with Gasteiger partial charge in [0, 0.05) is 12.2 Å². The fourth-order valence-electron chi connectivity index (χ4n) is 2.62. The Morgan fingerprint density at radius 3 is 2.57 bits per heavy atom. The molecule has 1 aliphatic carbocycles. The topological polar surface area (TPSA) is 57.2 Å². The number of hydrogen-bond donors (Lipinski definition) is 1. The van der Waals surface area contributed by atoms with E-state index < -0.39 is 0 Å². The number of nitrogens with two attached hydrogens (primary N) is 1. The molecule has 1 saturated carbocycles. The van der Waals surface area contributed by atoms with E-state index in [2.05, 4.69) is 6.92 Å². The van der Waals surface area contributed by atoms with Gasteiger partial charge in [0.25, 0.3) is 0 Å². The first-order valence-electron chi connectivity index (χ1n) is 8.37. The maximum Gasteiger partial charge on any atom is 0.355 e. The quantitative estimate of drug-likeness (QED) is 0.516. The molecule has 0 aliphatic heterocycles. The summed E-state index contributed by atoms with van der Waals surface area (Å²) < 4.78 is 7.35. The summed E-state index contributed by atoms with van der Waals surface area (Å²) in [6.45, 7) is 2.74. The Morgan fingerprint density at radius 1 is 1.24 bits per heavy atom. The predicted octanol–water partition coefficient (Wildman–Crippen LogP) is 4.31. The van der Waals surface area contributed by atoms with Crippen LogP contribution in [0.4, 0.5) is 5.69 Å². The van der Waals surface area contributed by atoms with Crippen LogP contribution in [0.5, 0.6) is 0 Å². The first kappa shape index (κ1) is 15.9. The first-order chi connectivity index (χ1) is 10.2. The van der Waals surface area contributed by atoms with Crippen LogP contribution in [0.25, 0.3) is 0 Å². The van der Waals surface area contributed by atoms with Gasteiger partial charge in [0.2, 0.25) is 0 Å². The van der Waals surface area contributed by atoms with E-state index in [1.807, 2.05) is 10.8 Å². The van der Waals surface area contributed by atoms with Crippen molar-refractivity contribution in [3.8, 4) is 0 Å². The second kappa shape index (κ2) is 8.11. The molecule has 21 heavy (non-hydrogen) atoms. The van der Waals surface area contributed by atoms with Crippen molar-refractivity contribution in [1.82, 2.24) is 4.57 Å². The van der Waals surface area contributed by atoms with E-state index in [9.17, 15) is 4.79 Å². The van der Waals surface area contributed by atoms with Gasteiger partial charge in [0.05, 0.1) is 12.3 Å². The summed E-state index contributed by atoms with van der Waals surface area (Å²) in [5.41, 5.74) is 7.04. The smallest absolute Gasteiger partial charge is 0.355 e. The van der Waals surface area contributed by atoms with E-state index in [0.717, 1.165) is 25.7 Å². The van der Waals surface area contributed by atoms with Crippen LogP contribution in [-0.2, 0) is 4.74 Å². The summed E-state index contributed by atoms with van der Waals surface area (Å²) in [5, 5.41) is 0. The molecule has 0 saturated heterocycles. The van der Waals surface area contributed by atoms with Crippen LogP contribution in [0, 0.1) is 0 Å². The average Bonchev–Trinajstić information content (AvgIpc) is 3.24. The summed E-state index contributed by atoms with van der Waals surface area (Å²) in [5.74, 6) is -0.232. The molecule has 0 bridgehead atoms. The first-order valence-corrected chi connectivity index (χ1v) is 8.37. The molecule has 0 spiro atoms. The molecule has 0 aromatic carbocycles. The van der Waals surface area contributed by atoms with Crippen LogP contribution < -0.4 is 5.73 Å². The van der Waals surface area contributed by atoms with E-state index in [4.69, 9.17) is 10.5 Å². The number of esters is 1. The molecule has 1 aliphatic rings. The van der Waals surface area contributed by atoms with Crippen LogP contribution in [0.2, 0.25) is 0 Å². The highest BCUT2D eigenvalue weighted by Crippen LogP contribution is 2.37. The number of nitrogen functional groups attached to an aromatic ring is 1. The Hall–Kier alpha value is -1.45. The van der Waals surface area contributed by atoms with Crippen LogP contribution >= 0.6 is 0 Å². The molecule has 0 unspecified atom stereocenters. The normalized spacial score (nSPS) is 14.3. The Labute approximate surface area is 127 Å². The van der Waals surface area contributed by atoms with Gasteiger partial charge in [-0.05, 0) is 25.3 Å². The van der Waals surface area contributed by atoms with Crippen molar-refractivity contribution in [2.75, 3.05) is 12.3 Å². The van der Waals surface area contributed by atoms with E-state index in [0.29, 0.717) is 24.0 Å². The highest BCUT2D eigenvalue weighted by Gasteiger charge is 2.28. The van der Waals surface area contributed by atoms with Gasteiger partial charge in [0.15, 0.2) is 0 Å². The van der Waals surface area contributed by atoms with E-state index in [-0.39, 0.29) is 5.97 Å². The van der Waals surface area contributed by atoms with Crippen molar-refractivity contribution in [3.05, 3.63) is 18.0 Å². The summed E-state index contributed by atoms with van der Waals surface area (Å²) in [4.78, 5) is 12.1. The molecule has 0 radical (unpaired) electrons. The molecule has 1 aromatic rings. The van der Waals surface area contributed by atoms with Gasteiger partial charge >= 0.3 is 5.97 Å². The highest BCUT2D eigenvalue weighted by atomic mass is 16.5. The third kappa shape index (κ3) is 5.10. The molecule has 4 nitrogen and oxygen atoms in total. The van der Waals surface area contributed by atoms with Crippen molar-refractivity contribution < 1.29 is 9.53 Å². The number of nitrogens with zero attached hydrogens (tertiary/aromatic N) is 1. The number of unbranched alkanes of at least 4 members (excludes halogenated alkanes) is 6. The van der Waals surface area contributed by atoms with E-state index >= 15 is 0 Å². The van der Waals surface area contributed by atoms with Crippen LogP contribution in [-0.4, -0.2) is 17.1 Å². The zero-order valence-corrected chi connectivity index (χ0v) is 13.1. The van der Waals surface area contributed by atoms with E-state index in [1.54, 1.807) is 6.07 Å². The Morgan fingerprint density at radius 2 is 1.90 bits per heavy atom. The molecule has 1 aromatic heterocycles. The van der Waals surface area contributed by atoms with Crippen molar-refractivity contribution >= 4 is 11.7 Å². The minimum absolute atomic E-state index is 0.232. The van der Waals surface area contributed by atoms with Gasteiger partial charge in [-0.3, -0.25) is 0 Å². The molecule has 1 heterocycles. The van der Waals surface area contributed by atoms with Gasteiger partial charge < -0.3 is 15.0 Å². The van der Waals surface area contributed by atoms with Gasteiger partial charge in [-0.25, -0.2) is 4.79 Å². The van der Waals surface area contributed by atoms with Crippen molar-refractivity contribution in [2.24, 2.45) is 0 Å².